The maximum Gasteiger partial charge on any atom is 0.261 e. The van der Waals surface area contributed by atoms with Crippen molar-refractivity contribution in [2.75, 3.05) is 18.4 Å². The Hall–Kier alpha value is -3.07. The van der Waals surface area contributed by atoms with Crippen LogP contribution in [-0.2, 0) is 7.05 Å². The number of carbonyl (C=O) groups excluding carboxylic acids is 1. The third-order valence-electron chi connectivity index (χ3n) is 5.03. The normalized spacial score (nSPS) is 15.0. The minimum atomic E-state index is -0.321. The molecule has 1 aliphatic rings. The van der Waals surface area contributed by atoms with Gasteiger partial charge in [0.15, 0.2) is 5.82 Å². The Morgan fingerprint density at radius 2 is 1.96 bits per heavy atom. The fraction of sp³-hybridized carbons (Fsp3) is 0.368. The van der Waals surface area contributed by atoms with Gasteiger partial charge >= 0.3 is 0 Å². The van der Waals surface area contributed by atoms with Crippen LogP contribution in [-0.4, -0.2) is 43.5 Å². The second-order valence-electron chi connectivity index (χ2n) is 6.93. The molecule has 1 saturated heterocycles. The zero-order valence-corrected chi connectivity index (χ0v) is 15.8. The third kappa shape index (κ3) is 3.53. The van der Waals surface area contributed by atoms with E-state index in [9.17, 15) is 9.18 Å². The van der Waals surface area contributed by atoms with Crippen molar-refractivity contribution in [2.24, 2.45) is 7.05 Å². The molecule has 0 spiro atoms. The second kappa shape index (κ2) is 7.51. The number of halogens is 1. The van der Waals surface area contributed by atoms with Crippen LogP contribution in [0.2, 0.25) is 0 Å². The first-order chi connectivity index (χ1) is 13.5. The van der Waals surface area contributed by atoms with Gasteiger partial charge in [-0.1, -0.05) is 0 Å². The molecule has 1 amide bonds. The van der Waals surface area contributed by atoms with Crippen LogP contribution in [0.5, 0.6) is 0 Å². The van der Waals surface area contributed by atoms with Gasteiger partial charge in [-0.2, -0.15) is 15.2 Å². The molecule has 28 heavy (non-hydrogen) atoms. The summed E-state index contributed by atoms with van der Waals surface area (Å²) < 4.78 is 16.3. The minimum absolute atomic E-state index is 0.307. The largest absolute Gasteiger partial charge is 0.317 e. The molecule has 8 nitrogen and oxygen atoms in total. The summed E-state index contributed by atoms with van der Waals surface area (Å²) in [5, 5.41) is 14.9. The van der Waals surface area contributed by atoms with E-state index >= 15 is 0 Å². The van der Waals surface area contributed by atoms with E-state index in [2.05, 4.69) is 25.8 Å². The Balaban J connectivity index is 1.53. The minimum Gasteiger partial charge on any atom is -0.317 e. The summed E-state index contributed by atoms with van der Waals surface area (Å²) in [6.45, 7) is 3.70. The van der Waals surface area contributed by atoms with Crippen molar-refractivity contribution >= 4 is 11.9 Å². The molecule has 2 aromatic heterocycles. The summed E-state index contributed by atoms with van der Waals surface area (Å²) in [6.07, 6.45) is 3.47. The lowest BCUT2D eigenvalue weighted by Gasteiger charge is -2.19. The predicted molar refractivity (Wildman–Crippen MR) is 102 cm³/mol. The highest BCUT2D eigenvalue weighted by Gasteiger charge is 2.22. The topological polar surface area (TPSA) is 89.7 Å². The summed E-state index contributed by atoms with van der Waals surface area (Å²) in [4.78, 5) is 17.3. The monoisotopic (exact) mass is 383 g/mol. The molecular weight excluding hydrogens is 361 g/mol. The fourth-order valence-corrected chi connectivity index (χ4v) is 3.41. The fourth-order valence-electron chi connectivity index (χ4n) is 3.41. The van der Waals surface area contributed by atoms with Crippen molar-refractivity contribution in [1.82, 2.24) is 29.9 Å². The van der Waals surface area contributed by atoms with Gasteiger partial charge in [0.1, 0.15) is 5.82 Å². The Morgan fingerprint density at radius 1 is 1.25 bits per heavy atom. The molecule has 0 aliphatic carbocycles. The van der Waals surface area contributed by atoms with Gasteiger partial charge in [-0.3, -0.25) is 10.1 Å². The van der Waals surface area contributed by atoms with E-state index in [0.717, 1.165) is 31.8 Å². The SMILES string of the molecule is Cc1c(C(=O)Nc2nc(C3CCNCC3)nn2C)cnn1-c1ccc(F)cc1. The summed E-state index contributed by atoms with van der Waals surface area (Å²) in [7, 11) is 1.77. The van der Waals surface area contributed by atoms with E-state index in [4.69, 9.17) is 0 Å². The van der Waals surface area contributed by atoms with Gasteiger partial charge in [0.05, 0.1) is 23.1 Å². The number of amides is 1. The summed E-state index contributed by atoms with van der Waals surface area (Å²) in [5.41, 5.74) is 1.77. The van der Waals surface area contributed by atoms with Gasteiger partial charge in [0.2, 0.25) is 5.95 Å². The average Bonchev–Trinajstić information content (AvgIpc) is 3.26. The number of aryl methyl sites for hydroxylation is 1. The van der Waals surface area contributed by atoms with Crippen molar-refractivity contribution in [3.8, 4) is 5.69 Å². The molecule has 0 atom stereocenters. The Bertz CT molecular complexity index is 986. The smallest absolute Gasteiger partial charge is 0.261 e. The molecule has 0 bridgehead atoms. The number of hydrogen-bond donors (Lipinski definition) is 2. The Kier molecular flexibility index (Phi) is 4.91. The number of hydrogen-bond acceptors (Lipinski definition) is 5. The Labute approximate surface area is 161 Å². The van der Waals surface area contributed by atoms with Crippen molar-refractivity contribution in [3.63, 3.8) is 0 Å². The van der Waals surface area contributed by atoms with Gasteiger partial charge in [-0.05, 0) is 57.1 Å². The highest BCUT2D eigenvalue weighted by molar-refractivity contribution is 6.04. The number of benzene rings is 1. The van der Waals surface area contributed by atoms with E-state index in [-0.39, 0.29) is 11.7 Å². The van der Waals surface area contributed by atoms with Crippen molar-refractivity contribution in [2.45, 2.75) is 25.7 Å². The number of nitrogens with one attached hydrogen (secondary N) is 2. The van der Waals surface area contributed by atoms with E-state index < -0.39 is 0 Å². The first-order valence-electron chi connectivity index (χ1n) is 9.26. The van der Waals surface area contributed by atoms with Crippen LogP contribution >= 0.6 is 0 Å². The molecule has 1 aromatic carbocycles. The van der Waals surface area contributed by atoms with Crippen LogP contribution in [0.25, 0.3) is 5.69 Å². The van der Waals surface area contributed by atoms with Crippen molar-refractivity contribution < 1.29 is 9.18 Å². The lowest BCUT2D eigenvalue weighted by molar-refractivity contribution is 0.102. The second-order valence-corrected chi connectivity index (χ2v) is 6.93. The lowest BCUT2D eigenvalue weighted by atomic mass is 9.98. The number of aromatic nitrogens is 5. The van der Waals surface area contributed by atoms with Crippen LogP contribution in [0.3, 0.4) is 0 Å². The zero-order chi connectivity index (χ0) is 19.7. The quantitative estimate of drug-likeness (QED) is 0.721. The molecule has 0 radical (unpaired) electrons. The number of rotatable bonds is 4. The van der Waals surface area contributed by atoms with Crippen LogP contribution in [0, 0.1) is 12.7 Å². The number of anilines is 1. The number of piperidine rings is 1. The Morgan fingerprint density at radius 3 is 2.68 bits per heavy atom. The van der Waals surface area contributed by atoms with Gasteiger partial charge in [0, 0.05) is 13.0 Å². The maximum absolute atomic E-state index is 13.1. The summed E-state index contributed by atoms with van der Waals surface area (Å²) in [5.74, 6) is 0.850. The molecule has 3 heterocycles. The van der Waals surface area contributed by atoms with E-state index in [1.54, 1.807) is 35.5 Å². The molecule has 4 rings (SSSR count). The third-order valence-corrected chi connectivity index (χ3v) is 5.03. The molecule has 146 valence electrons. The van der Waals surface area contributed by atoms with E-state index in [0.29, 0.717) is 28.8 Å². The van der Waals surface area contributed by atoms with Crippen LogP contribution in [0.4, 0.5) is 10.3 Å². The maximum atomic E-state index is 13.1. The van der Waals surface area contributed by atoms with Crippen molar-refractivity contribution in [1.29, 1.82) is 0 Å². The molecular formula is C19H22FN7O. The molecule has 0 unspecified atom stereocenters. The highest BCUT2D eigenvalue weighted by atomic mass is 19.1. The van der Waals surface area contributed by atoms with Gasteiger partial charge in [0.25, 0.3) is 5.91 Å². The molecule has 1 aliphatic heterocycles. The molecule has 9 heteroatoms. The predicted octanol–water partition coefficient (Wildman–Crippen LogP) is 2.17. The molecule has 2 N–H and O–H groups in total. The zero-order valence-electron chi connectivity index (χ0n) is 15.8. The molecule has 1 fully saturated rings. The standard InChI is InChI=1S/C19H22FN7O/c1-12-16(11-22-27(12)15-5-3-14(20)4-6-15)18(28)24-19-23-17(25-26(19)2)13-7-9-21-10-8-13/h3-6,11,13,21H,7-10H2,1-2H3,(H,23,24,25,28). The van der Waals surface area contributed by atoms with E-state index in [1.165, 1.54) is 18.3 Å². The highest BCUT2D eigenvalue weighted by Crippen LogP contribution is 2.23. The van der Waals surface area contributed by atoms with Gasteiger partial charge < -0.3 is 5.32 Å². The van der Waals surface area contributed by atoms with Gasteiger partial charge in [-0.15, -0.1) is 0 Å². The number of nitrogens with zero attached hydrogens (tertiary/aromatic N) is 5. The number of carbonyl (C=O) groups is 1. The average molecular weight is 383 g/mol. The van der Waals surface area contributed by atoms with Crippen LogP contribution < -0.4 is 10.6 Å². The lowest BCUT2D eigenvalue weighted by Crippen LogP contribution is -2.27. The first kappa shape index (κ1) is 18.3. The summed E-state index contributed by atoms with van der Waals surface area (Å²) in [6, 6.07) is 5.95. The van der Waals surface area contributed by atoms with Crippen LogP contribution in [0.15, 0.2) is 30.5 Å². The van der Waals surface area contributed by atoms with Crippen LogP contribution in [0.1, 0.15) is 40.6 Å². The van der Waals surface area contributed by atoms with Gasteiger partial charge in [-0.25, -0.2) is 13.8 Å². The molecule has 0 saturated carbocycles. The molecule has 3 aromatic rings. The summed E-state index contributed by atoms with van der Waals surface area (Å²) >= 11 is 0. The first-order valence-corrected chi connectivity index (χ1v) is 9.26. The van der Waals surface area contributed by atoms with E-state index in [1.807, 2.05) is 0 Å². The van der Waals surface area contributed by atoms with Crippen molar-refractivity contribution in [3.05, 3.63) is 53.4 Å².